The fraction of sp³-hybridized carbons (Fsp3) is 0.933. The van der Waals surface area contributed by atoms with Crippen molar-refractivity contribution < 1.29 is 32.8 Å². The molecule has 0 saturated heterocycles. The first-order valence-electron chi connectivity index (χ1n) is 15.5. The molecule has 0 saturated carbocycles. The van der Waals surface area contributed by atoms with Crippen LogP contribution in [0.15, 0.2) is 0 Å². The number of hydrogen-bond donors (Lipinski definition) is 3. The Kier molecular flexibility index (Phi) is 24.6. The number of unbranched alkanes of at least 4 members (excludes halogenated alkanes) is 16. The fourth-order valence-electron chi connectivity index (χ4n) is 6.07. The van der Waals surface area contributed by atoms with Crippen LogP contribution in [-0.4, -0.2) is 69.4 Å². The van der Waals surface area contributed by atoms with Crippen LogP contribution in [0.2, 0.25) is 0 Å². The van der Waals surface area contributed by atoms with Gasteiger partial charge in [0.2, 0.25) is 4.75 Å². The van der Waals surface area contributed by atoms with E-state index in [1.807, 2.05) is 0 Å². The Balaban J connectivity index is 0. The second-order valence-corrected chi connectivity index (χ2v) is 13.0. The third kappa shape index (κ3) is 15.1. The third-order valence-corrected chi connectivity index (χ3v) is 9.95. The van der Waals surface area contributed by atoms with Gasteiger partial charge in [-0.2, -0.15) is 8.42 Å². The molecule has 0 aromatic heterocycles. The van der Waals surface area contributed by atoms with Gasteiger partial charge in [0.1, 0.15) is 0 Å². The van der Waals surface area contributed by atoms with E-state index in [9.17, 15) is 32.8 Å². The molecule has 0 fully saturated rings. The predicted octanol–water partition coefficient (Wildman–Crippen LogP) is 8.15. The van der Waals surface area contributed by atoms with Crippen molar-refractivity contribution in [1.82, 2.24) is 0 Å². The van der Waals surface area contributed by atoms with Gasteiger partial charge < -0.3 is 10.2 Å². The summed E-state index contributed by atoms with van der Waals surface area (Å²) in [7, 11) is -5.22. The Bertz CT molecular complexity index is 726. The van der Waals surface area contributed by atoms with Crippen LogP contribution in [0.4, 0.5) is 0 Å². The molecule has 3 N–H and O–H groups in total. The van der Waals surface area contributed by atoms with E-state index in [1.165, 1.54) is 6.42 Å². The standard InChI is InChI=1S/C30H58O7S.Na.H/c1-4-7-10-13-16-19-22-25-29(23-20-17-14-11-8-5-2,24-21-18-15-12-9-6-3)30(28(33)34,26-27(31)32)38(35,36)37;;/h4-26H2,1-3H3,(H,31,32)(H,33,34)(H,35,36,37);;. The molecule has 0 rings (SSSR count). The molecule has 0 bridgehead atoms. The molecule has 7 nitrogen and oxygen atoms in total. The van der Waals surface area contributed by atoms with E-state index >= 15 is 0 Å². The summed E-state index contributed by atoms with van der Waals surface area (Å²) in [6, 6.07) is 0. The summed E-state index contributed by atoms with van der Waals surface area (Å²) in [6.45, 7) is 6.42. The van der Waals surface area contributed by atoms with Gasteiger partial charge in [0.15, 0.2) is 0 Å². The number of rotatable bonds is 27. The average molecular weight is 587 g/mol. The zero-order valence-corrected chi connectivity index (χ0v) is 25.5. The molecule has 0 aliphatic carbocycles. The molecule has 1 atom stereocenters. The topological polar surface area (TPSA) is 129 Å². The molecule has 0 aliphatic heterocycles. The first kappa shape index (κ1) is 41.0. The second-order valence-electron chi connectivity index (χ2n) is 11.4. The summed E-state index contributed by atoms with van der Waals surface area (Å²) in [5.74, 6) is -3.25. The first-order chi connectivity index (χ1) is 18.0. The van der Waals surface area contributed by atoms with Crippen molar-refractivity contribution in [3.05, 3.63) is 0 Å². The van der Waals surface area contributed by atoms with Crippen LogP contribution in [-0.2, 0) is 19.7 Å². The summed E-state index contributed by atoms with van der Waals surface area (Å²) in [5, 5.41) is 20.1. The van der Waals surface area contributed by atoms with Gasteiger partial charge in [-0.25, -0.2) is 0 Å². The first-order valence-corrected chi connectivity index (χ1v) is 16.9. The van der Waals surface area contributed by atoms with E-state index < -0.39 is 38.6 Å². The van der Waals surface area contributed by atoms with E-state index in [0.717, 1.165) is 96.3 Å². The van der Waals surface area contributed by atoms with E-state index in [-0.39, 0.29) is 29.6 Å². The van der Waals surface area contributed by atoms with Gasteiger partial charge >= 0.3 is 41.5 Å². The number of carboxylic acids is 2. The summed E-state index contributed by atoms with van der Waals surface area (Å²) in [5.41, 5.74) is -1.33. The third-order valence-electron chi connectivity index (χ3n) is 8.32. The molecular weight excluding hydrogens is 527 g/mol. The minimum absolute atomic E-state index is 0. The maximum absolute atomic E-state index is 12.9. The Labute approximate surface area is 261 Å². The molecule has 1 unspecified atom stereocenters. The van der Waals surface area contributed by atoms with Crippen molar-refractivity contribution in [3.8, 4) is 0 Å². The average Bonchev–Trinajstić information content (AvgIpc) is 2.84. The van der Waals surface area contributed by atoms with Gasteiger partial charge in [0, 0.05) is 5.41 Å². The molecule has 228 valence electrons. The number of carbonyl (C=O) groups is 2. The van der Waals surface area contributed by atoms with Crippen LogP contribution in [0.1, 0.15) is 168 Å². The Morgan fingerprint density at radius 2 is 0.846 bits per heavy atom. The van der Waals surface area contributed by atoms with Crippen molar-refractivity contribution in [2.45, 2.75) is 173 Å². The summed E-state index contributed by atoms with van der Waals surface area (Å²) >= 11 is 0. The quantitative estimate of drug-likeness (QED) is 0.0503. The van der Waals surface area contributed by atoms with Crippen LogP contribution in [0.3, 0.4) is 0 Å². The van der Waals surface area contributed by atoms with Gasteiger partial charge in [0.05, 0.1) is 6.42 Å². The SMILES string of the molecule is CCCCCCCCCC(CCCCCCCC)(CCCCCCCC)C(CC(=O)O)(C(=O)O)S(=O)(=O)O.[NaH]. The molecule has 0 spiro atoms. The van der Waals surface area contributed by atoms with Crippen LogP contribution in [0.25, 0.3) is 0 Å². The summed E-state index contributed by atoms with van der Waals surface area (Å²) < 4.78 is 33.6. The second kappa shape index (κ2) is 23.4. The Hall–Kier alpha value is -0.150. The molecular formula is C30H59NaO7S. The van der Waals surface area contributed by atoms with Gasteiger partial charge in [-0.15, -0.1) is 0 Å². The maximum atomic E-state index is 12.9. The normalized spacial score (nSPS) is 13.5. The molecule has 0 aromatic rings. The van der Waals surface area contributed by atoms with Gasteiger partial charge in [0.25, 0.3) is 10.1 Å². The van der Waals surface area contributed by atoms with Crippen LogP contribution in [0.5, 0.6) is 0 Å². The predicted molar refractivity (Wildman–Crippen MR) is 162 cm³/mol. The molecule has 39 heavy (non-hydrogen) atoms. The van der Waals surface area contributed by atoms with Crippen molar-refractivity contribution >= 4 is 51.6 Å². The minimum atomic E-state index is -5.22. The number of hydrogen-bond acceptors (Lipinski definition) is 4. The Morgan fingerprint density at radius 1 is 0.564 bits per heavy atom. The van der Waals surface area contributed by atoms with E-state index in [4.69, 9.17) is 0 Å². The van der Waals surface area contributed by atoms with Crippen molar-refractivity contribution in [3.63, 3.8) is 0 Å². The van der Waals surface area contributed by atoms with Crippen molar-refractivity contribution in [1.29, 1.82) is 0 Å². The number of carboxylic acid groups (broad SMARTS) is 2. The Morgan fingerprint density at radius 3 is 1.08 bits per heavy atom. The van der Waals surface area contributed by atoms with E-state index in [1.54, 1.807) is 0 Å². The molecule has 0 aliphatic rings. The molecule has 0 radical (unpaired) electrons. The van der Waals surface area contributed by atoms with Gasteiger partial charge in [-0.3, -0.25) is 14.1 Å². The van der Waals surface area contributed by atoms with E-state index in [0.29, 0.717) is 38.5 Å². The monoisotopic (exact) mass is 586 g/mol. The van der Waals surface area contributed by atoms with Gasteiger partial charge in [-0.1, -0.05) is 143 Å². The summed E-state index contributed by atoms with van der Waals surface area (Å²) in [4.78, 5) is 24.7. The zero-order chi connectivity index (χ0) is 28.9. The van der Waals surface area contributed by atoms with E-state index in [2.05, 4.69) is 20.8 Å². The van der Waals surface area contributed by atoms with Crippen molar-refractivity contribution in [2.24, 2.45) is 5.41 Å². The fourth-order valence-corrected chi connectivity index (χ4v) is 7.45. The zero-order valence-electron chi connectivity index (χ0n) is 24.6. The van der Waals surface area contributed by atoms with Crippen molar-refractivity contribution in [2.75, 3.05) is 0 Å². The van der Waals surface area contributed by atoms with Crippen LogP contribution < -0.4 is 0 Å². The molecule has 0 heterocycles. The molecule has 9 heteroatoms. The van der Waals surface area contributed by atoms with Gasteiger partial charge in [-0.05, 0) is 19.3 Å². The summed E-state index contributed by atoms with van der Waals surface area (Å²) in [6.07, 6.45) is 18.2. The molecule has 0 amide bonds. The van der Waals surface area contributed by atoms with Crippen LogP contribution in [0, 0.1) is 5.41 Å². The number of aliphatic carboxylic acids is 2. The molecule has 0 aromatic carbocycles. The van der Waals surface area contributed by atoms with Crippen LogP contribution >= 0.6 is 0 Å².